The second kappa shape index (κ2) is 7.09. The SMILES string of the molecule is CC(=O)c1ccc(NC(=O)N(C)Cc2ccccc2Cl)cc1. The van der Waals surface area contributed by atoms with Crippen LogP contribution in [0, 0.1) is 0 Å². The number of nitrogens with one attached hydrogen (secondary N) is 1. The Labute approximate surface area is 134 Å². The number of nitrogens with zero attached hydrogens (tertiary/aromatic N) is 1. The van der Waals surface area contributed by atoms with Crippen molar-refractivity contribution in [2.45, 2.75) is 13.5 Å². The lowest BCUT2D eigenvalue weighted by Crippen LogP contribution is -2.30. The first kappa shape index (κ1) is 16.0. The predicted molar refractivity (Wildman–Crippen MR) is 88.4 cm³/mol. The van der Waals surface area contributed by atoms with Gasteiger partial charge < -0.3 is 10.2 Å². The van der Waals surface area contributed by atoms with E-state index in [1.165, 1.54) is 6.92 Å². The van der Waals surface area contributed by atoms with E-state index in [0.29, 0.717) is 22.8 Å². The van der Waals surface area contributed by atoms with Crippen LogP contribution < -0.4 is 5.32 Å². The molecule has 0 aliphatic carbocycles. The number of benzene rings is 2. The van der Waals surface area contributed by atoms with Crippen molar-refractivity contribution in [3.05, 3.63) is 64.7 Å². The molecule has 2 aromatic rings. The minimum Gasteiger partial charge on any atom is -0.323 e. The highest BCUT2D eigenvalue weighted by Gasteiger charge is 2.11. The molecule has 2 rings (SSSR count). The highest BCUT2D eigenvalue weighted by molar-refractivity contribution is 6.31. The molecule has 0 spiro atoms. The number of urea groups is 1. The summed E-state index contributed by atoms with van der Waals surface area (Å²) in [6.07, 6.45) is 0. The number of halogens is 1. The summed E-state index contributed by atoms with van der Waals surface area (Å²) in [5.41, 5.74) is 2.14. The smallest absolute Gasteiger partial charge is 0.321 e. The fraction of sp³-hybridized carbons (Fsp3) is 0.176. The Bertz CT molecular complexity index is 683. The van der Waals surface area contributed by atoms with Crippen molar-refractivity contribution in [1.29, 1.82) is 0 Å². The van der Waals surface area contributed by atoms with E-state index < -0.39 is 0 Å². The number of anilines is 1. The van der Waals surface area contributed by atoms with Crippen LogP contribution in [0.2, 0.25) is 5.02 Å². The van der Waals surface area contributed by atoms with Gasteiger partial charge in [-0.25, -0.2) is 4.79 Å². The molecular weight excluding hydrogens is 300 g/mol. The lowest BCUT2D eigenvalue weighted by Gasteiger charge is -2.18. The van der Waals surface area contributed by atoms with Crippen molar-refractivity contribution in [2.24, 2.45) is 0 Å². The van der Waals surface area contributed by atoms with Gasteiger partial charge in [0, 0.05) is 29.9 Å². The molecule has 114 valence electrons. The highest BCUT2D eigenvalue weighted by atomic mass is 35.5. The molecule has 5 heteroatoms. The summed E-state index contributed by atoms with van der Waals surface area (Å²) in [5, 5.41) is 3.41. The Balaban J connectivity index is 1.99. The third kappa shape index (κ3) is 4.09. The highest BCUT2D eigenvalue weighted by Crippen LogP contribution is 2.17. The standard InChI is InChI=1S/C17H17ClN2O2/c1-12(21)13-7-9-15(10-8-13)19-17(22)20(2)11-14-5-3-4-6-16(14)18/h3-10H,11H2,1-2H3,(H,19,22). The van der Waals surface area contributed by atoms with Crippen molar-refractivity contribution in [3.63, 3.8) is 0 Å². The zero-order valence-electron chi connectivity index (χ0n) is 12.5. The first-order valence-corrected chi connectivity index (χ1v) is 7.21. The molecule has 0 aliphatic heterocycles. The summed E-state index contributed by atoms with van der Waals surface area (Å²) in [4.78, 5) is 24.9. The molecule has 22 heavy (non-hydrogen) atoms. The van der Waals surface area contributed by atoms with Gasteiger partial charge in [0.1, 0.15) is 0 Å². The molecule has 1 N–H and O–H groups in total. The number of hydrogen-bond donors (Lipinski definition) is 1. The van der Waals surface area contributed by atoms with Crippen molar-refractivity contribution >= 4 is 29.1 Å². The molecule has 0 aliphatic rings. The van der Waals surface area contributed by atoms with Crippen LogP contribution in [0.4, 0.5) is 10.5 Å². The number of carbonyl (C=O) groups excluding carboxylic acids is 2. The number of ketones is 1. The van der Waals surface area contributed by atoms with Gasteiger partial charge in [-0.1, -0.05) is 29.8 Å². The topological polar surface area (TPSA) is 49.4 Å². The summed E-state index contributed by atoms with van der Waals surface area (Å²) < 4.78 is 0. The Morgan fingerprint density at radius 2 is 1.73 bits per heavy atom. The molecule has 0 unspecified atom stereocenters. The average Bonchev–Trinajstić information content (AvgIpc) is 2.50. The largest absolute Gasteiger partial charge is 0.323 e. The molecule has 0 atom stereocenters. The van der Waals surface area contributed by atoms with Crippen LogP contribution >= 0.6 is 11.6 Å². The predicted octanol–water partition coefficient (Wildman–Crippen LogP) is 4.21. The fourth-order valence-corrected chi connectivity index (χ4v) is 2.16. The van der Waals surface area contributed by atoms with Gasteiger partial charge in [-0.2, -0.15) is 0 Å². The molecule has 0 saturated heterocycles. The average molecular weight is 317 g/mol. The van der Waals surface area contributed by atoms with Crippen LogP contribution in [0.1, 0.15) is 22.8 Å². The quantitative estimate of drug-likeness (QED) is 0.859. The lowest BCUT2D eigenvalue weighted by molar-refractivity contribution is 0.101. The Kier molecular flexibility index (Phi) is 5.17. The summed E-state index contributed by atoms with van der Waals surface area (Å²) in [5.74, 6) is -0.00582. The van der Waals surface area contributed by atoms with Gasteiger partial charge >= 0.3 is 6.03 Å². The second-order valence-electron chi connectivity index (χ2n) is 5.01. The maximum atomic E-state index is 12.2. The van der Waals surface area contributed by atoms with Gasteiger partial charge in [-0.15, -0.1) is 0 Å². The second-order valence-corrected chi connectivity index (χ2v) is 5.42. The van der Waals surface area contributed by atoms with Crippen LogP contribution in [0.15, 0.2) is 48.5 Å². The van der Waals surface area contributed by atoms with Crippen LogP contribution in [0.25, 0.3) is 0 Å². The van der Waals surface area contributed by atoms with Crippen molar-refractivity contribution < 1.29 is 9.59 Å². The monoisotopic (exact) mass is 316 g/mol. The number of carbonyl (C=O) groups is 2. The van der Waals surface area contributed by atoms with E-state index in [1.807, 2.05) is 18.2 Å². The molecule has 0 bridgehead atoms. The van der Waals surface area contributed by atoms with Gasteiger partial charge in [0.25, 0.3) is 0 Å². The normalized spacial score (nSPS) is 10.1. The maximum absolute atomic E-state index is 12.2. The van der Waals surface area contributed by atoms with E-state index in [4.69, 9.17) is 11.6 Å². The first-order chi connectivity index (χ1) is 10.5. The van der Waals surface area contributed by atoms with Gasteiger partial charge in [0.05, 0.1) is 0 Å². The Morgan fingerprint density at radius 3 is 2.32 bits per heavy atom. The Morgan fingerprint density at radius 1 is 1.09 bits per heavy atom. The van der Waals surface area contributed by atoms with Crippen molar-refractivity contribution in [1.82, 2.24) is 4.90 Å². The number of hydrogen-bond acceptors (Lipinski definition) is 2. The Hall–Kier alpha value is -2.33. The third-order valence-electron chi connectivity index (χ3n) is 3.25. The van der Waals surface area contributed by atoms with E-state index in [9.17, 15) is 9.59 Å². The van der Waals surface area contributed by atoms with E-state index in [-0.39, 0.29) is 11.8 Å². The van der Waals surface area contributed by atoms with Crippen LogP contribution in [-0.4, -0.2) is 23.8 Å². The van der Waals surface area contributed by atoms with Crippen LogP contribution in [-0.2, 0) is 6.54 Å². The molecular formula is C17H17ClN2O2. The zero-order chi connectivity index (χ0) is 16.1. The van der Waals surface area contributed by atoms with Gasteiger partial charge in [0.15, 0.2) is 5.78 Å². The molecule has 0 radical (unpaired) electrons. The number of rotatable bonds is 4. The maximum Gasteiger partial charge on any atom is 0.321 e. The van der Waals surface area contributed by atoms with Gasteiger partial charge in [0.2, 0.25) is 0 Å². The molecule has 0 heterocycles. The number of amides is 2. The molecule has 2 aromatic carbocycles. The molecule has 0 saturated carbocycles. The van der Waals surface area contributed by atoms with E-state index >= 15 is 0 Å². The summed E-state index contributed by atoms with van der Waals surface area (Å²) in [7, 11) is 1.70. The third-order valence-corrected chi connectivity index (χ3v) is 3.62. The molecule has 0 aromatic heterocycles. The summed E-state index contributed by atoms with van der Waals surface area (Å²) in [6, 6.07) is 14.0. The van der Waals surface area contributed by atoms with E-state index in [2.05, 4.69) is 5.32 Å². The zero-order valence-corrected chi connectivity index (χ0v) is 13.2. The minimum absolute atomic E-state index is 0.00582. The van der Waals surface area contributed by atoms with Gasteiger partial charge in [-0.05, 0) is 42.8 Å². The molecule has 4 nitrogen and oxygen atoms in total. The van der Waals surface area contributed by atoms with Gasteiger partial charge in [-0.3, -0.25) is 4.79 Å². The lowest BCUT2D eigenvalue weighted by atomic mass is 10.1. The molecule has 2 amide bonds. The molecule has 0 fully saturated rings. The summed E-state index contributed by atoms with van der Waals surface area (Å²) in [6.45, 7) is 1.92. The van der Waals surface area contributed by atoms with Crippen molar-refractivity contribution in [3.8, 4) is 0 Å². The first-order valence-electron chi connectivity index (χ1n) is 6.84. The fourth-order valence-electron chi connectivity index (χ4n) is 1.96. The number of Topliss-reactive ketones (excluding diaryl/α,β-unsaturated/α-hetero) is 1. The minimum atomic E-state index is -0.240. The summed E-state index contributed by atoms with van der Waals surface area (Å²) >= 11 is 6.09. The van der Waals surface area contributed by atoms with Crippen LogP contribution in [0.3, 0.4) is 0 Å². The van der Waals surface area contributed by atoms with Crippen LogP contribution in [0.5, 0.6) is 0 Å². The van der Waals surface area contributed by atoms with Crippen molar-refractivity contribution in [2.75, 3.05) is 12.4 Å². The van der Waals surface area contributed by atoms with E-state index in [0.717, 1.165) is 5.56 Å². The van der Waals surface area contributed by atoms with E-state index in [1.54, 1.807) is 42.3 Å².